The lowest BCUT2D eigenvalue weighted by molar-refractivity contribution is -0.121. The fraction of sp³-hybridized carbons (Fsp3) is 0.381. The number of amides is 1. The van der Waals surface area contributed by atoms with E-state index < -0.39 is 10.0 Å². The van der Waals surface area contributed by atoms with E-state index in [9.17, 15) is 13.2 Å². The number of nitrogens with one attached hydrogen (secondary N) is 2. The number of sulfonamides is 1. The van der Waals surface area contributed by atoms with E-state index in [0.717, 1.165) is 11.1 Å². The number of hydrogen-bond acceptors (Lipinski definition) is 3. The molecule has 0 aliphatic carbocycles. The average Bonchev–Trinajstić information content (AvgIpc) is 2.61. The Hall–Kier alpha value is -2.18. The molecule has 1 amide bonds. The Morgan fingerprint density at radius 3 is 2.15 bits per heavy atom. The molecule has 0 bridgehead atoms. The first-order valence-electron chi connectivity index (χ1n) is 9.04. The summed E-state index contributed by atoms with van der Waals surface area (Å²) in [5, 5.41) is 2.87. The predicted octanol–water partition coefficient (Wildman–Crippen LogP) is 3.53. The predicted molar refractivity (Wildman–Crippen MR) is 108 cm³/mol. The smallest absolute Gasteiger partial charge is 0.240 e. The first-order valence-corrected chi connectivity index (χ1v) is 10.5. The highest BCUT2D eigenvalue weighted by molar-refractivity contribution is 7.89. The summed E-state index contributed by atoms with van der Waals surface area (Å²) in [6, 6.07) is 16.3. The van der Waals surface area contributed by atoms with Crippen LogP contribution < -0.4 is 10.0 Å². The summed E-state index contributed by atoms with van der Waals surface area (Å²) in [6.07, 6.45) is 0.0798. The number of carbonyl (C=O) groups excluding carboxylic acids is 1. The van der Waals surface area contributed by atoms with Crippen LogP contribution in [0.3, 0.4) is 0 Å². The van der Waals surface area contributed by atoms with Crippen molar-refractivity contribution in [3.05, 3.63) is 65.7 Å². The summed E-state index contributed by atoms with van der Waals surface area (Å²) in [5.74, 6) is -0.197. The van der Waals surface area contributed by atoms with Crippen molar-refractivity contribution in [1.82, 2.24) is 10.0 Å². The fourth-order valence-electron chi connectivity index (χ4n) is 2.66. The maximum Gasteiger partial charge on any atom is 0.240 e. The Labute approximate surface area is 162 Å². The maximum atomic E-state index is 12.4. The van der Waals surface area contributed by atoms with Gasteiger partial charge in [0.05, 0.1) is 10.9 Å². The number of hydrogen-bond donors (Lipinski definition) is 2. The molecule has 0 aliphatic heterocycles. The van der Waals surface area contributed by atoms with E-state index in [0.29, 0.717) is 0 Å². The third kappa shape index (κ3) is 6.19. The second-order valence-electron chi connectivity index (χ2n) is 7.62. The highest BCUT2D eigenvalue weighted by atomic mass is 32.2. The topological polar surface area (TPSA) is 75.3 Å². The lowest BCUT2D eigenvalue weighted by Crippen LogP contribution is -2.32. The fourth-order valence-corrected chi connectivity index (χ4v) is 3.69. The van der Waals surface area contributed by atoms with E-state index in [2.05, 4.69) is 30.8 Å². The normalized spacial score (nSPS) is 13.2. The summed E-state index contributed by atoms with van der Waals surface area (Å²) in [5.41, 5.74) is 2.03. The van der Waals surface area contributed by atoms with E-state index in [1.54, 1.807) is 12.1 Å². The van der Waals surface area contributed by atoms with E-state index in [1.807, 2.05) is 49.4 Å². The SMILES string of the molecule is CC(NC(=O)CCNS(=O)(=O)c1ccc(C(C)(C)C)cc1)c1ccccc1. The number of benzene rings is 2. The molecule has 0 aliphatic rings. The van der Waals surface area contributed by atoms with Crippen LogP contribution in [0.25, 0.3) is 0 Å². The van der Waals surface area contributed by atoms with E-state index >= 15 is 0 Å². The van der Waals surface area contributed by atoms with Crippen LogP contribution in [0.5, 0.6) is 0 Å². The molecule has 0 spiro atoms. The van der Waals surface area contributed by atoms with Gasteiger partial charge in [-0.25, -0.2) is 13.1 Å². The Balaban J connectivity index is 1.87. The molecule has 2 aromatic rings. The van der Waals surface area contributed by atoms with Crippen LogP contribution in [-0.4, -0.2) is 20.9 Å². The Morgan fingerprint density at radius 1 is 1.00 bits per heavy atom. The van der Waals surface area contributed by atoms with Gasteiger partial charge in [-0.2, -0.15) is 0 Å². The van der Waals surface area contributed by atoms with Crippen LogP contribution in [-0.2, 0) is 20.2 Å². The Morgan fingerprint density at radius 2 is 1.59 bits per heavy atom. The molecular weight excluding hydrogens is 360 g/mol. The zero-order valence-corrected chi connectivity index (χ0v) is 17.1. The molecule has 0 aromatic heterocycles. The van der Waals surface area contributed by atoms with Gasteiger partial charge in [-0.05, 0) is 35.6 Å². The molecule has 1 unspecified atom stereocenters. The molecule has 0 radical (unpaired) electrons. The van der Waals surface area contributed by atoms with Gasteiger partial charge in [0.2, 0.25) is 15.9 Å². The minimum atomic E-state index is -3.63. The largest absolute Gasteiger partial charge is 0.350 e. The summed E-state index contributed by atoms with van der Waals surface area (Å²) >= 11 is 0. The summed E-state index contributed by atoms with van der Waals surface area (Å²) in [7, 11) is -3.63. The molecule has 6 heteroatoms. The molecular formula is C21H28N2O3S. The van der Waals surface area contributed by atoms with Crippen molar-refractivity contribution in [3.8, 4) is 0 Å². The number of rotatable bonds is 7. The van der Waals surface area contributed by atoms with Crippen LogP contribution in [0, 0.1) is 0 Å². The highest BCUT2D eigenvalue weighted by Gasteiger charge is 2.18. The van der Waals surface area contributed by atoms with Crippen molar-refractivity contribution >= 4 is 15.9 Å². The van der Waals surface area contributed by atoms with Crippen molar-refractivity contribution in [2.75, 3.05) is 6.54 Å². The van der Waals surface area contributed by atoms with E-state index in [4.69, 9.17) is 0 Å². The van der Waals surface area contributed by atoms with Gasteiger partial charge in [0, 0.05) is 13.0 Å². The van der Waals surface area contributed by atoms with Crippen molar-refractivity contribution < 1.29 is 13.2 Å². The minimum absolute atomic E-state index is 0.0384. The lowest BCUT2D eigenvalue weighted by atomic mass is 9.87. The Kier molecular flexibility index (Phi) is 6.78. The molecule has 1 atom stereocenters. The quantitative estimate of drug-likeness (QED) is 0.762. The van der Waals surface area contributed by atoms with Crippen LogP contribution in [0.2, 0.25) is 0 Å². The zero-order valence-electron chi connectivity index (χ0n) is 16.3. The monoisotopic (exact) mass is 388 g/mol. The molecule has 0 heterocycles. The van der Waals surface area contributed by atoms with Crippen molar-refractivity contribution in [3.63, 3.8) is 0 Å². The molecule has 0 fully saturated rings. The maximum absolute atomic E-state index is 12.4. The van der Waals surface area contributed by atoms with Crippen LogP contribution in [0.4, 0.5) is 0 Å². The number of carbonyl (C=O) groups is 1. The Bertz CT molecular complexity index is 855. The average molecular weight is 389 g/mol. The highest BCUT2D eigenvalue weighted by Crippen LogP contribution is 2.23. The molecule has 0 saturated heterocycles. The first kappa shape index (κ1) is 21.1. The second kappa shape index (κ2) is 8.67. The molecule has 0 saturated carbocycles. The lowest BCUT2D eigenvalue weighted by Gasteiger charge is -2.19. The van der Waals surface area contributed by atoms with Crippen molar-refractivity contribution in [2.45, 2.75) is 50.5 Å². The van der Waals surface area contributed by atoms with Gasteiger partial charge in [0.15, 0.2) is 0 Å². The molecule has 2 rings (SSSR count). The van der Waals surface area contributed by atoms with Crippen LogP contribution in [0.1, 0.15) is 51.3 Å². The summed E-state index contributed by atoms with van der Waals surface area (Å²) < 4.78 is 27.2. The third-order valence-corrected chi connectivity index (χ3v) is 5.83. The third-order valence-electron chi connectivity index (χ3n) is 4.35. The standard InChI is InChI=1S/C21H28N2O3S/c1-16(17-8-6-5-7-9-17)23-20(24)14-15-22-27(25,26)19-12-10-18(11-13-19)21(2,3)4/h5-13,16,22H,14-15H2,1-4H3,(H,23,24). The van der Waals surface area contributed by atoms with Gasteiger partial charge in [-0.3, -0.25) is 4.79 Å². The molecule has 5 nitrogen and oxygen atoms in total. The van der Waals surface area contributed by atoms with Crippen molar-refractivity contribution in [1.29, 1.82) is 0 Å². The van der Waals surface area contributed by atoms with Gasteiger partial charge in [-0.1, -0.05) is 63.2 Å². The molecule has 2 aromatic carbocycles. The van der Waals surface area contributed by atoms with Gasteiger partial charge in [-0.15, -0.1) is 0 Å². The molecule has 2 N–H and O–H groups in total. The first-order chi connectivity index (χ1) is 12.6. The van der Waals surface area contributed by atoms with Crippen LogP contribution >= 0.6 is 0 Å². The van der Waals surface area contributed by atoms with Gasteiger partial charge >= 0.3 is 0 Å². The van der Waals surface area contributed by atoms with Crippen LogP contribution in [0.15, 0.2) is 59.5 Å². The summed E-state index contributed by atoms with van der Waals surface area (Å²) in [4.78, 5) is 12.3. The molecule has 146 valence electrons. The van der Waals surface area contributed by atoms with Gasteiger partial charge in [0.1, 0.15) is 0 Å². The van der Waals surface area contributed by atoms with Crippen molar-refractivity contribution in [2.24, 2.45) is 0 Å². The van der Waals surface area contributed by atoms with E-state index in [1.165, 1.54) is 0 Å². The van der Waals surface area contributed by atoms with Gasteiger partial charge < -0.3 is 5.32 Å². The van der Waals surface area contributed by atoms with Gasteiger partial charge in [0.25, 0.3) is 0 Å². The minimum Gasteiger partial charge on any atom is -0.350 e. The van der Waals surface area contributed by atoms with E-state index in [-0.39, 0.29) is 35.2 Å². The summed E-state index contributed by atoms with van der Waals surface area (Å²) in [6.45, 7) is 8.17. The zero-order chi connectivity index (χ0) is 20.1. The second-order valence-corrected chi connectivity index (χ2v) is 9.39. The molecule has 27 heavy (non-hydrogen) atoms.